The number of rotatable bonds is 5. The number of fused-ring (bicyclic) bond motifs is 2. The molecule has 5 rings (SSSR count). The predicted molar refractivity (Wildman–Crippen MR) is 154 cm³/mol. The van der Waals surface area contributed by atoms with E-state index in [1.807, 2.05) is 24.3 Å². The Kier molecular flexibility index (Phi) is 7.63. The van der Waals surface area contributed by atoms with Gasteiger partial charge in [-0.15, -0.1) is 0 Å². The zero-order chi connectivity index (χ0) is 27.4. The highest BCUT2D eigenvalue weighted by molar-refractivity contribution is 7.89. The lowest BCUT2D eigenvalue weighted by atomic mass is 10.0. The number of anilines is 1. The van der Waals surface area contributed by atoms with Crippen molar-refractivity contribution in [2.75, 3.05) is 32.1 Å². The van der Waals surface area contributed by atoms with Gasteiger partial charge in [-0.25, -0.2) is 8.42 Å². The molecule has 200 valence electrons. The molecule has 2 heterocycles. The van der Waals surface area contributed by atoms with Crippen molar-refractivity contribution >= 4 is 68.0 Å². The molecule has 0 saturated carbocycles. The Hall–Kier alpha value is -2.00. The lowest BCUT2D eigenvalue weighted by Gasteiger charge is -2.41. The van der Waals surface area contributed by atoms with E-state index in [1.165, 1.54) is 4.90 Å². The molecule has 0 spiro atoms. The van der Waals surface area contributed by atoms with Crippen LogP contribution in [0.1, 0.15) is 23.2 Å². The first kappa shape index (κ1) is 27.6. The van der Waals surface area contributed by atoms with Crippen LogP contribution in [0.15, 0.2) is 59.5 Å². The van der Waals surface area contributed by atoms with Crippen molar-refractivity contribution in [1.29, 1.82) is 0 Å². The quantitative estimate of drug-likeness (QED) is 0.321. The van der Waals surface area contributed by atoms with E-state index < -0.39 is 10.0 Å². The Bertz CT molecular complexity index is 1500. The Balaban J connectivity index is 1.38. The van der Waals surface area contributed by atoms with Crippen molar-refractivity contribution < 1.29 is 13.2 Å². The van der Waals surface area contributed by atoms with Crippen LogP contribution in [0.25, 0.3) is 11.1 Å². The van der Waals surface area contributed by atoms with Crippen LogP contribution in [0.4, 0.5) is 5.69 Å². The number of carbonyl (C=O) groups excluding carboxylic acids is 1. The fourth-order valence-electron chi connectivity index (χ4n) is 5.34. The minimum absolute atomic E-state index is 0.0342. The molecule has 2 aliphatic rings. The standard InChI is InChI=1S/C27H25Cl4N3O3S/c1-32(2)27(35)20-10-6-16(12-23(20)30)17-7-11-25(24(31)13-17)33-14-18-8-9-19(15-33)34(18)38(36,37)26-21(28)4-3-5-22(26)29/h3-7,10-13,18-19H,8-9,14-15H2,1-2H3. The van der Waals surface area contributed by atoms with Crippen LogP contribution in [0, 0.1) is 0 Å². The van der Waals surface area contributed by atoms with Gasteiger partial charge in [0.2, 0.25) is 10.0 Å². The van der Waals surface area contributed by atoms with Crippen molar-refractivity contribution in [2.45, 2.75) is 29.8 Å². The molecule has 38 heavy (non-hydrogen) atoms. The second-order valence-electron chi connectivity index (χ2n) is 9.74. The summed E-state index contributed by atoms with van der Waals surface area (Å²) in [4.78, 5) is 15.9. The third kappa shape index (κ3) is 4.89. The number of halogens is 4. The van der Waals surface area contributed by atoms with E-state index in [4.69, 9.17) is 46.4 Å². The third-order valence-corrected chi connectivity index (χ3v) is 10.7. The van der Waals surface area contributed by atoms with Gasteiger partial charge in [-0.1, -0.05) is 64.6 Å². The van der Waals surface area contributed by atoms with Crippen molar-refractivity contribution in [1.82, 2.24) is 9.21 Å². The maximum Gasteiger partial charge on any atom is 0.254 e. The summed E-state index contributed by atoms with van der Waals surface area (Å²) in [6, 6.07) is 15.4. The Labute approximate surface area is 242 Å². The molecule has 1 amide bonds. The second kappa shape index (κ2) is 10.5. The molecule has 6 nitrogen and oxygen atoms in total. The number of hydrogen-bond acceptors (Lipinski definition) is 4. The van der Waals surface area contributed by atoms with Crippen LogP contribution in [0.2, 0.25) is 20.1 Å². The SMILES string of the molecule is CN(C)C(=O)c1ccc(-c2ccc(N3CC4CCC(C3)N4S(=O)(=O)c3c(Cl)cccc3Cl)c(Cl)c2)cc1Cl. The molecule has 2 unspecified atom stereocenters. The minimum Gasteiger partial charge on any atom is -0.367 e. The Morgan fingerprint density at radius 2 is 1.37 bits per heavy atom. The second-order valence-corrected chi connectivity index (χ2v) is 13.1. The van der Waals surface area contributed by atoms with Crippen LogP contribution in [0.3, 0.4) is 0 Å². The topological polar surface area (TPSA) is 60.9 Å². The molecule has 3 aromatic rings. The van der Waals surface area contributed by atoms with Crippen LogP contribution >= 0.6 is 46.4 Å². The summed E-state index contributed by atoms with van der Waals surface area (Å²) in [7, 11) is -0.509. The normalized spacial score (nSPS) is 19.6. The highest BCUT2D eigenvalue weighted by atomic mass is 35.5. The zero-order valence-corrected chi connectivity index (χ0v) is 24.5. The molecule has 0 N–H and O–H groups in total. The molecule has 2 aliphatic heterocycles. The van der Waals surface area contributed by atoms with Crippen LogP contribution in [-0.4, -0.2) is 62.8 Å². The summed E-state index contributed by atoms with van der Waals surface area (Å²) >= 11 is 25.7. The summed E-state index contributed by atoms with van der Waals surface area (Å²) in [6.45, 7) is 1.01. The fraction of sp³-hybridized carbons (Fsp3) is 0.296. The molecular formula is C27H25Cl4N3O3S. The lowest BCUT2D eigenvalue weighted by molar-refractivity contribution is 0.0828. The van der Waals surface area contributed by atoms with E-state index in [-0.39, 0.29) is 32.9 Å². The predicted octanol–water partition coefficient (Wildman–Crippen LogP) is 6.71. The van der Waals surface area contributed by atoms with E-state index in [0.29, 0.717) is 28.7 Å². The first-order chi connectivity index (χ1) is 18.0. The molecule has 3 aromatic carbocycles. The van der Waals surface area contributed by atoms with Gasteiger partial charge in [0.25, 0.3) is 5.91 Å². The van der Waals surface area contributed by atoms with Gasteiger partial charge in [-0.3, -0.25) is 4.79 Å². The summed E-state index contributed by atoms with van der Waals surface area (Å²) in [5, 5.41) is 1.17. The van der Waals surface area contributed by atoms with Gasteiger partial charge in [0, 0.05) is 39.3 Å². The van der Waals surface area contributed by atoms with Crippen LogP contribution in [-0.2, 0) is 10.0 Å². The van der Waals surface area contributed by atoms with Crippen LogP contribution < -0.4 is 4.90 Å². The number of hydrogen-bond donors (Lipinski definition) is 0. The monoisotopic (exact) mass is 611 g/mol. The minimum atomic E-state index is -3.87. The highest BCUT2D eigenvalue weighted by Crippen LogP contribution is 2.42. The zero-order valence-electron chi connectivity index (χ0n) is 20.7. The number of sulfonamides is 1. The largest absolute Gasteiger partial charge is 0.367 e. The Morgan fingerprint density at radius 1 is 0.816 bits per heavy atom. The molecule has 2 atom stereocenters. The average molecular weight is 613 g/mol. The summed E-state index contributed by atoms with van der Waals surface area (Å²) in [6.07, 6.45) is 1.49. The van der Waals surface area contributed by atoms with Gasteiger partial charge in [0.05, 0.1) is 31.3 Å². The smallest absolute Gasteiger partial charge is 0.254 e. The summed E-state index contributed by atoms with van der Waals surface area (Å²) < 4.78 is 28.8. The summed E-state index contributed by atoms with van der Waals surface area (Å²) in [5.41, 5.74) is 2.98. The average Bonchev–Trinajstić information content (AvgIpc) is 3.14. The molecule has 2 bridgehead atoms. The van der Waals surface area contributed by atoms with E-state index in [1.54, 1.807) is 48.7 Å². The van der Waals surface area contributed by atoms with E-state index >= 15 is 0 Å². The number of carbonyl (C=O) groups is 1. The molecule has 0 aliphatic carbocycles. The summed E-state index contributed by atoms with van der Waals surface area (Å²) in [5.74, 6) is -0.164. The number of amides is 1. The van der Waals surface area contributed by atoms with Crippen molar-refractivity contribution in [2.24, 2.45) is 0 Å². The first-order valence-corrected chi connectivity index (χ1v) is 15.0. The van der Waals surface area contributed by atoms with Crippen molar-refractivity contribution in [3.8, 4) is 11.1 Å². The maximum atomic E-state index is 13.6. The van der Waals surface area contributed by atoms with E-state index in [9.17, 15) is 13.2 Å². The molecule has 2 fully saturated rings. The lowest BCUT2D eigenvalue weighted by Crippen LogP contribution is -2.55. The van der Waals surface area contributed by atoms with Crippen molar-refractivity contribution in [3.63, 3.8) is 0 Å². The van der Waals surface area contributed by atoms with Gasteiger partial charge >= 0.3 is 0 Å². The van der Waals surface area contributed by atoms with Gasteiger partial charge in [-0.2, -0.15) is 4.31 Å². The van der Waals surface area contributed by atoms with E-state index in [0.717, 1.165) is 29.7 Å². The maximum absolute atomic E-state index is 13.6. The molecule has 0 aromatic heterocycles. The number of benzene rings is 3. The molecule has 2 saturated heterocycles. The highest BCUT2D eigenvalue weighted by Gasteiger charge is 2.48. The third-order valence-electron chi connectivity index (χ3n) is 7.10. The van der Waals surface area contributed by atoms with Gasteiger partial charge in [0.15, 0.2) is 0 Å². The molecular weight excluding hydrogens is 588 g/mol. The number of piperazine rings is 1. The molecule has 0 radical (unpaired) electrons. The van der Waals surface area contributed by atoms with Crippen LogP contribution in [0.5, 0.6) is 0 Å². The van der Waals surface area contributed by atoms with E-state index in [2.05, 4.69) is 4.90 Å². The number of nitrogens with zero attached hydrogens (tertiary/aromatic N) is 3. The van der Waals surface area contributed by atoms with Gasteiger partial charge in [0.1, 0.15) is 4.90 Å². The Morgan fingerprint density at radius 3 is 1.89 bits per heavy atom. The fourth-order valence-corrected chi connectivity index (χ4v) is 8.85. The van der Waals surface area contributed by atoms with Gasteiger partial charge < -0.3 is 9.80 Å². The molecule has 11 heteroatoms. The van der Waals surface area contributed by atoms with Gasteiger partial charge in [-0.05, 0) is 60.4 Å². The first-order valence-electron chi connectivity index (χ1n) is 12.0. The van der Waals surface area contributed by atoms with Crippen molar-refractivity contribution in [3.05, 3.63) is 80.3 Å².